The summed E-state index contributed by atoms with van der Waals surface area (Å²) in [4.78, 5) is 0. The smallest absolute Gasteiger partial charge is 0.239 e. The summed E-state index contributed by atoms with van der Waals surface area (Å²) < 4.78 is 49.4. The van der Waals surface area contributed by atoms with Crippen molar-refractivity contribution in [1.82, 2.24) is 0 Å². The van der Waals surface area contributed by atoms with Gasteiger partial charge in [-0.2, -0.15) is 16.8 Å². The van der Waals surface area contributed by atoms with Crippen molar-refractivity contribution in [2.75, 3.05) is 6.79 Å². The highest BCUT2D eigenvalue weighted by Gasteiger charge is 2.39. The molecule has 1 rings (SSSR count). The molecule has 0 aromatic heterocycles. The lowest BCUT2D eigenvalue weighted by Crippen LogP contribution is -2.36. The van der Waals surface area contributed by atoms with Gasteiger partial charge in [0.05, 0.1) is 0 Å². The van der Waals surface area contributed by atoms with Crippen molar-refractivity contribution >= 4 is 20.2 Å². The summed E-state index contributed by atoms with van der Waals surface area (Å²) >= 11 is 0. The fraction of sp³-hybridized carbons (Fsp3) is 1.00. The molecule has 0 unspecified atom stereocenters. The maximum Gasteiger partial charge on any atom is 0.289 e. The predicted molar refractivity (Wildman–Crippen MR) is 34.3 cm³/mol. The molecule has 0 atom stereocenters. The molecule has 0 radical (unpaired) electrons. The molecule has 1 fully saturated rings. The van der Waals surface area contributed by atoms with Gasteiger partial charge in [-0.05, 0) is 6.92 Å². The van der Waals surface area contributed by atoms with Crippen molar-refractivity contribution in [2.24, 2.45) is 0 Å². The zero-order valence-corrected chi connectivity index (χ0v) is 7.18. The Morgan fingerprint density at radius 1 is 1.09 bits per heavy atom. The van der Waals surface area contributed by atoms with Gasteiger partial charge in [0.2, 0.25) is 4.58 Å². The van der Waals surface area contributed by atoms with Crippen molar-refractivity contribution in [1.29, 1.82) is 0 Å². The molecule has 1 aliphatic heterocycles. The third-order valence-corrected chi connectivity index (χ3v) is 5.13. The second kappa shape index (κ2) is 2.41. The fourth-order valence-corrected chi connectivity index (χ4v) is 2.79. The van der Waals surface area contributed by atoms with Gasteiger partial charge in [0.1, 0.15) is 0 Å². The summed E-state index contributed by atoms with van der Waals surface area (Å²) in [5.74, 6) is 0. The lowest BCUT2D eigenvalue weighted by atomic mass is 11.0. The van der Waals surface area contributed by atoms with Gasteiger partial charge in [-0.25, -0.2) is 8.37 Å². The summed E-state index contributed by atoms with van der Waals surface area (Å²) in [6.45, 7) is 0.235. The Balaban J connectivity index is 3.15. The molecule has 0 saturated carbocycles. The van der Waals surface area contributed by atoms with E-state index in [2.05, 4.69) is 8.37 Å². The Morgan fingerprint density at radius 2 is 1.45 bits per heavy atom. The van der Waals surface area contributed by atoms with E-state index in [1.807, 2.05) is 0 Å². The van der Waals surface area contributed by atoms with Crippen LogP contribution in [0.3, 0.4) is 0 Å². The number of rotatable bonds is 0. The largest absolute Gasteiger partial charge is 0.289 e. The first kappa shape index (κ1) is 8.91. The Labute approximate surface area is 64.4 Å². The third-order valence-electron chi connectivity index (χ3n) is 1.24. The van der Waals surface area contributed by atoms with E-state index in [0.717, 1.165) is 6.92 Å². The lowest BCUT2D eigenvalue weighted by molar-refractivity contribution is 0.120. The molecule has 1 aliphatic rings. The molecule has 0 aliphatic carbocycles. The molecule has 0 amide bonds. The highest BCUT2D eigenvalue weighted by atomic mass is 32.3. The predicted octanol–water partition coefficient (Wildman–Crippen LogP) is -1.00. The Hall–Kier alpha value is -0.180. The van der Waals surface area contributed by atoms with E-state index >= 15 is 0 Å². The lowest BCUT2D eigenvalue weighted by Gasteiger charge is -2.17. The minimum atomic E-state index is -3.98. The summed E-state index contributed by atoms with van der Waals surface area (Å²) in [5.41, 5.74) is 0. The van der Waals surface area contributed by atoms with E-state index in [9.17, 15) is 16.8 Å². The van der Waals surface area contributed by atoms with Gasteiger partial charge in [0, 0.05) is 0 Å². The minimum Gasteiger partial charge on any atom is -0.239 e. The molecule has 1 heterocycles. The Kier molecular flexibility index (Phi) is 1.95. The molecule has 0 aromatic rings. The zero-order valence-electron chi connectivity index (χ0n) is 5.55. The standard InChI is InChI=1S/C3H6O6S2/c1-3-10(4,5)8-2-9-11(3,6)7/h3H,2H2,1H3. The SMILES string of the molecule is CC1S(=O)(=O)OCOS1(=O)=O. The van der Waals surface area contributed by atoms with Gasteiger partial charge in [-0.15, -0.1) is 0 Å². The van der Waals surface area contributed by atoms with Crippen LogP contribution in [0.5, 0.6) is 0 Å². The van der Waals surface area contributed by atoms with Crippen LogP contribution in [0.25, 0.3) is 0 Å². The first-order valence-electron chi connectivity index (χ1n) is 2.63. The van der Waals surface area contributed by atoms with Crippen molar-refractivity contribution in [3.05, 3.63) is 0 Å². The monoisotopic (exact) mass is 202 g/mol. The summed E-state index contributed by atoms with van der Waals surface area (Å²) in [5, 5.41) is 0. The second-order valence-electron chi connectivity index (χ2n) is 1.91. The van der Waals surface area contributed by atoms with Crippen LogP contribution < -0.4 is 0 Å². The highest BCUT2D eigenvalue weighted by molar-refractivity contribution is 8.05. The van der Waals surface area contributed by atoms with Gasteiger partial charge >= 0.3 is 0 Å². The molecular weight excluding hydrogens is 196 g/mol. The molecule has 66 valence electrons. The van der Waals surface area contributed by atoms with E-state index < -0.39 is 31.6 Å². The van der Waals surface area contributed by atoms with Gasteiger partial charge < -0.3 is 0 Å². The summed E-state index contributed by atoms with van der Waals surface area (Å²) in [6.07, 6.45) is 0. The second-order valence-corrected chi connectivity index (χ2v) is 6.06. The molecule has 0 aromatic carbocycles. The van der Waals surface area contributed by atoms with E-state index in [0.29, 0.717) is 0 Å². The first-order valence-corrected chi connectivity index (χ1v) is 5.57. The van der Waals surface area contributed by atoms with Gasteiger partial charge in [-0.1, -0.05) is 0 Å². The van der Waals surface area contributed by atoms with Crippen LogP contribution in [0.2, 0.25) is 0 Å². The Morgan fingerprint density at radius 3 is 1.73 bits per heavy atom. The van der Waals surface area contributed by atoms with Crippen LogP contribution in [0, 0.1) is 0 Å². The molecule has 6 nitrogen and oxygen atoms in total. The molecule has 0 N–H and O–H groups in total. The third kappa shape index (κ3) is 1.53. The molecule has 1 saturated heterocycles. The van der Waals surface area contributed by atoms with Crippen LogP contribution in [0.15, 0.2) is 0 Å². The van der Waals surface area contributed by atoms with E-state index in [1.54, 1.807) is 0 Å². The fourth-order valence-electron chi connectivity index (χ4n) is 0.490. The quantitative estimate of drug-likeness (QED) is 0.468. The van der Waals surface area contributed by atoms with E-state index in [-0.39, 0.29) is 0 Å². The summed E-state index contributed by atoms with van der Waals surface area (Å²) in [6, 6.07) is 0. The van der Waals surface area contributed by atoms with Crippen molar-refractivity contribution in [3.63, 3.8) is 0 Å². The molecule has 0 bridgehead atoms. The summed E-state index contributed by atoms with van der Waals surface area (Å²) in [7, 11) is -7.96. The topological polar surface area (TPSA) is 86.7 Å². The van der Waals surface area contributed by atoms with Crippen LogP contribution in [0.1, 0.15) is 6.92 Å². The zero-order chi connectivity index (χ0) is 8.70. The number of hydrogen-bond acceptors (Lipinski definition) is 6. The van der Waals surface area contributed by atoms with E-state index in [1.165, 1.54) is 0 Å². The average molecular weight is 202 g/mol. The molecule has 8 heteroatoms. The Bertz CT molecular complexity index is 302. The van der Waals surface area contributed by atoms with Gasteiger partial charge in [-0.3, -0.25) is 0 Å². The van der Waals surface area contributed by atoms with Crippen molar-refractivity contribution < 1.29 is 25.2 Å². The van der Waals surface area contributed by atoms with Crippen LogP contribution in [0.4, 0.5) is 0 Å². The van der Waals surface area contributed by atoms with E-state index in [4.69, 9.17) is 0 Å². The van der Waals surface area contributed by atoms with Crippen LogP contribution in [-0.4, -0.2) is 28.2 Å². The maximum absolute atomic E-state index is 10.7. The highest BCUT2D eigenvalue weighted by Crippen LogP contribution is 2.18. The van der Waals surface area contributed by atoms with Crippen molar-refractivity contribution in [2.45, 2.75) is 11.5 Å². The maximum atomic E-state index is 10.7. The van der Waals surface area contributed by atoms with Gasteiger partial charge in [0.15, 0.2) is 6.79 Å². The van der Waals surface area contributed by atoms with Crippen LogP contribution >= 0.6 is 0 Å². The van der Waals surface area contributed by atoms with Crippen molar-refractivity contribution in [3.8, 4) is 0 Å². The first-order chi connectivity index (χ1) is 4.86. The molecular formula is C3H6O6S2. The molecule has 11 heavy (non-hydrogen) atoms. The molecule has 0 spiro atoms. The normalized spacial score (nSPS) is 29.9. The average Bonchev–Trinajstić information content (AvgIpc) is 1.82. The number of hydrogen-bond donors (Lipinski definition) is 0. The minimum absolute atomic E-state index is 0.755. The van der Waals surface area contributed by atoms with Gasteiger partial charge in [0.25, 0.3) is 20.2 Å². The van der Waals surface area contributed by atoms with Crippen LogP contribution in [-0.2, 0) is 28.6 Å².